The molecule has 2 heterocycles. The molecule has 160 valence electrons. The number of rotatable bonds is 5. The smallest absolute Gasteiger partial charge is 0.257 e. The molecule has 7 heteroatoms. The van der Waals surface area contributed by atoms with Gasteiger partial charge in [-0.15, -0.1) is 0 Å². The van der Waals surface area contributed by atoms with Gasteiger partial charge in [-0.05, 0) is 74.1 Å². The maximum Gasteiger partial charge on any atom is 0.257 e. The monoisotopic (exact) mass is 417 g/mol. The van der Waals surface area contributed by atoms with Gasteiger partial charge in [-0.25, -0.2) is 0 Å². The fraction of sp³-hybridized carbons (Fsp3) is 0.375. The third kappa shape index (κ3) is 4.40. The van der Waals surface area contributed by atoms with Crippen LogP contribution in [0.25, 0.3) is 0 Å². The summed E-state index contributed by atoms with van der Waals surface area (Å²) in [4.78, 5) is 31.4. The zero-order valence-electron chi connectivity index (χ0n) is 17.6. The summed E-state index contributed by atoms with van der Waals surface area (Å²) in [5, 5.41) is 9.45. The van der Waals surface area contributed by atoms with E-state index in [0.717, 1.165) is 55.8 Å². The molecule has 1 atom stereocenters. The van der Waals surface area contributed by atoms with Crippen LogP contribution in [0.5, 0.6) is 0 Å². The Morgan fingerprint density at radius 2 is 1.97 bits per heavy atom. The highest BCUT2D eigenvalue weighted by atomic mass is 16.2. The number of carbonyl (C=O) groups is 2. The van der Waals surface area contributed by atoms with Crippen LogP contribution in [0.4, 0.5) is 11.4 Å². The highest BCUT2D eigenvalue weighted by Crippen LogP contribution is 2.44. The number of hydrogen-bond donors (Lipinski definition) is 3. The van der Waals surface area contributed by atoms with E-state index in [2.05, 4.69) is 27.9 Å². The molecule has 1 aliphatic carbocycles. The van der Waals surface area contributed by atoms with Crippen molar-refractivity contribution in [1.82, 2.24) is 15.5 Å². The third-order valence-electron chi connectivity index (χ3n) is 5.97. The Bertz CT molecular complexity index is 1060. The van der Waals surface area contributed by atoms with Crippen molar-refractivity contribution in [3.63, 3.8) is 0 Å². The molecule has 2 amide bonds. The van der Waals surface area contributed by atoms with Gasteiger partial charge in [-0.3, -0.25) is 19.9 Å². The fourth-order valence-corrected chi connectivity index (χ4v) is 3.92. The van der Waals surface area contributed by atoms with Crippen LogP contribution in [-0.4, -0.2) is 48.3 Å². The molecule has 5 rings (SSSR count). The Morgan fingerprint density at radius 3 is 2.68 bits per heavy atom. The molecular formula is C24H27N5O2. The second kappa shape index (κ2) is 8.06. The van der Waals surface area contributed by atoms with Gasteiger partial charge in [0.05, 0.1) is 0 Å². The van der Waals surface area contributed by atoms with Gasteiger partial charge in [0.15, 0.2) is 5.96 Å². The van der Waals surface area contributed by atoms with E-state index >= 15 is 0 Å². The van der Waals surface area contributed by atoms with Crippen molar-refractivity contribution < 1.29 is 9.59 Å². The summed E-state index contributed by atoms with van der Waals surface area (Å²) in [5.74, 6) is 0.934. The fourth-order valence-electron chi connectivity index (χ4n) is 3.92. The normalized spacial score (nSPS) is 19.8. The van der Waals surface area contributed by atoms with E-state index in [4.69, 9.17) is 0 Å². The van der Waals surface area contributed by atoms with Gasteiger partial charge in [0.2, 0.25) is 0 Å². The van der Waals surface area contributed by atoms with Crippen LogP contribution < -0.4 is 16.0 Å². The minimum absolute atomic E-state index is 0.0739. The summed E-state index contributed by atoms with van der Waals surface area (Å²) in [6, 6.07) is 13.7. The van der Waals surface area contributed by atoms with Crippen LogP contribution in [0.1, 0.15) is 58.4 Å². The number of hydrogen-bond acceptors (Lipinski definition) is 5. The molecule has 0 radical (unpaired) electrons. The zero-order valence-corrected chi connectivity index (χ0v) is 17.6. The SMILES string of the molecule is CC1CN1C(=O)c1cccc(Nc2ccc(C(=O)NC3=NCCCN3)cc2C2CC2)c1. The molecule has 31 heavy (non-hydrogen) atoms. The van der Waals surface area contributed by atoms with Crippen LogP contribution in [0, 0.1) is 0 Å². The molecule has 2 fully saturated rings. The maximum atomic E-state index is 12.7. The second-order valence-electron chi connectivity index (χ2n) is 8.55. The van der Waals surface area contributed by atoms with Crippen molar-refractivity contribution in [3.05, 3.63) is 59.2 Å². The van der Waals surface area contributed by atoms with Gasteiger partial charge in [0.25, 0.3) is 11.8 Å². The van der Waals surface area contributed by atoms with Crippen LogP contribution >= 0.6 is 0 Å². The lowest BCUT2D eigenvalue weighted by atomic mass is 10.0. The average Bonchev–Trinajstić information content (AvgIpc) is 3.71. The Kier molecular flexibility index (Phi) is 5.10. The van der Waals surface area contributed by atoms with E-state index < -0.39 is 0 Å². The molecule has 1 saturated carbocycles. The van der Waals surface area contributed by atoms with Gasteiger partial charge in [0, 0.05) is 48.2 Å². The first-order valence-corrected chi connectivity index (χ1v) is 11.0. The Morgan fingerprint density at radius 1 is 1.13 bits per heavy atom. The van der Waals surface area contributed by atoms with Crippen molar-refractivity contribution >= 4 is 29.1 Å². The molecule has 3 N–H and O–H groups in total. The molecule has 2 aliphatic heterocycles. The Balaban J connectivity index is 1.34. The maximum absolute atomic E-state index is 12.7. The topological polar surface area (TPSA) is 85.6 Å². The molecule has 1 saturated heterocycles. The van der Waals surface area contributed by atoms with E-state index in [1.165, 1.54) is 0 Å². The summed E-state index contributed by atoms with van der Waals surface area (Å²) in [6.07, 6.45) is 3.23. The largest absolute Gasteiger partial charge is 0.356 e. The summed E-state index contributed by atoms with van der Waals surface area (Å²) in [7, 11) is 0. The third-order valence-corrected chi connectivity index (χ3v) is 5.97. The Labute approximate surface area is 181 Å². The summed E-state index contributed by atoms with van der Waals surface area (Å²) in [6.45, 7) is 4.44. The number of carbonyl (C=O) groups excluding carboxylic acids is 2. The quantitative estimate of drug-likeness (QED) is 0.652. The zero-order chi connectivity index (χ0) is 21.4. The number of nitrogens with one attached hydrogen (secondary N) is 3. The second-order valence-corrected chi connectivity index (χ2v) is 8.55. The first-order chi connectivity index (χ1) is 15.1. The van der Waals surface area contributed by atoms with Crippen LogP contribution in [-0.2, 0) is 0 Å². The van der Waals surface area contributed by atoms with E-state index in [0.29, 0.717) is 29.0 Å². The summed E-state index contributed by atoms with van der Waals surface area (Å²) in [5.41, 5.74) is 4.32. The van der Waals surface area contributed by atoms with Gasteiger partial charge in [0.1, 0.15) is 0 Å². The molecular weight excluding hydrogens is 390 g/mol. The Hall–Kier alpha value is -3.35. The number of guanidine groups is 1. The van der Waals surface area contributed by atoms with Gasteiger partial charge < -0.3 is 15.5 Å². The molecule has 0 aromatic heterocycles. The first-order valence-electron chi connectivity index (χ1n) is 11.0. The molecule has 2 aromatic carbocycles. The lowest BCUT2D eigenvalue weighted by Crippen LogP contribution is -2.43. The van der Waals surface area contributed by atoms with Gasteiger partial charge >= 0.3 is 0 Å². The highest BCUT2D eigenvalue weighted by Gasteiger charge is 2.34. The summed E-state index contributed by atoms with van der Waals surface area (Å²) < 4.78 is 0. The van der Waals surface area contributed by atoms with Crippen molar-refractivity contribution in [3.8, 4) is 0 Å². The van der Waals surface area contributed by atoms with Crippen LogP contribution in [0.3, 0.4) is 0 Å². The van der Waals surface area contributed by atoms with Crippen molar-refractivity contribution in [2.45, 2.75) is 38.1 Å². The number of amides is 2. The van der Waals surface area contributed by atoms with E-state index in [1.807, 2.05) is 47.4 Å². The predicted octanol–water partition coefficient (Wildman–Crippen LogP) is 3.23. The molecule has 2 aromatic rings. The van der Waals surface area contributed by atoms with Gasteiger partial charge in [-0.2, -0.15) is 0 Å². The minimum Gasteiger partial charge on any atom is -0.356 e. The molecule has 3 aliphatic rings. The average molecular weight is 418 g/mol. The highest BCUT2D eigenvalue weighted by molar-refractivity contribution is 6.06. The molecule has 0 spiro atoms. The molecule has 7 nitrogen and oxygen atoms in total. The number of aliphatic imine (C=N–C) groups is 1. The van der Waals surface area contributed by atoms with Crippen LogP contribution in [0.15, 0.2) is 47.5 Å². The minimum atomic E-state index is -0.151. The standard InChI is InChI=1S/C24H27N5O2/c1-15-14-29(15)23(31)18-4-2-5-19(12-18)27-21-9-8-17(13-20(21)16-6-7-16)22(30)28-24-25-10-3-11-26-24/h2,4-5,8-9,12-13,15-16,27H,3,6-7,10-11,14H2,1H3,(H2,25,26,28,30). The number of anilines is 2. The van der Waals surface area contributed by atoms with E-state index in [-0.39, 0.29) is 11.8 Å². The lowest BCUT2D eigenvalue weighted by Gasteiger charge is -2.17. The van der Waals surface area contributed by atoms with Crippen molar-refractivity contribution in [2.24, 2.45) is 4.99 Å². The van der Waals surface area contributed by atoms with Crippen LogP contribution in [0.2, 0.25) is 0 Å². The molecule has 0 bridgehead atoms. The first kappa shape index (κ1) is 19.6. The van der Waals surface area contributed by atoms with Gasteiger partial charge in [-0.1, -0.05) is 6.07 Å². The van der Waals surface area contributed by atoms with E-state index in [9.17, 15) is 9.59 Å². The number of benzene rings is 2. The van der Waals surface area contributed by atoms with Crippen molar-refractivity contribution in [1.29, 1.82) is 0 Å². The summed E-state index contributed by atoms with van der Waals surface area (Å²) >= 11 is 0. The lowest BCUT2D eigenvalue weighted by molar-refractivity contribution is 0.0875. The van der Waals surface area contributed by atoms with E-state index in [1.54, 1.807) is 0 Å². The van der Waals surface area contributed by atoms with Crippen molar-refractivity contribution in [2.75, 3.05) is 25.0 Å². The predicted molar refractivity (Wildman–Crippen MR) is 121 cm³/mol. The number of nitrogens with zero attached hydrogens (tertiary/aromatic N) is 2. The molecule has 1 unspecified atom stereocenters.